The molecule has 4 nitrogen and oxygen atoms in total. The third-order valence-corrected chi connectivity index (χ3v) is 19.2. The van der Waals surface area contributed by atoms with Crippen LogP contribution < -0.4 is 20.7 Å². The van der Waals surface area contributed by atoms with Crippen molar-refractivity contribution in [3.8, 4) is 0 Å². The van der Waals surface area contributed by atoms with Crippen molar-refractivity contribution in [1.29, 1.82) is 0 Å². The number of aliphatic hydroxyl groups is 1. The molecule has 1 aliphatic heterocycles. The van der Waals surface area contributed by atoms with Crippen LogP contribution >= 0.6 is 0 Å². The molecule has 1 heterocycles. The smallest absolute Gasteiger partial charge is 0.261 e. The lowest BCUT2D eigenvalue weighted by molar-refractivity contribution is -0.219. The van der Waals surface area contributed by atoms with Crippen LogP contribution in [0.2, 0.25) is 10.1 Å². The summed E-state index contributed by atoms with van der Waals surface area (Å²) in [6, 6.07) is 42.8. The van der Waals surface area contributed by atoms with Crippen LogP contribution in [0.1, 0.15) is 54.9 Å². The number of hydrogen-bond acceptors (Lipinski definition) is 4. The van der Waals surface area contributed by atoms with Crippen molar-refractivity contribution in [3.05, 3.63) is 121 Å². The second kappa shape index (κ2) is 12.9. The first kappa shape index (κ1) is 32.5. The molecule has 0 aliphatic carbocycles. The SMILES string of the molecule is C[C@H]1OC(O)C[C@H](O[Si](c2ccccc2)(c2ccccc2)C(C)(C)C)[C@@H]1O[Si](c1ccccc1)(c1ccccc1)C(C)(C)C. The molecule has 4 aromatic rings. The molecule has 0 aromatic heterocycles. The Labute approximate surface area is 266 Å². The number of rotatable bonds is 8. The van der Waals surface area contributed by atoms with Gasteiger partial charge in [-0.05, 0) is 37.7 Å². The van der Waals surface area contributed by atoms with Gasteiger partial charge in [0.25, 0.3) is 16.6 Å². The lowest BCUT2D eigenvalue weighted by Gasteiger charge is -2.52. The second-order valence-electron chi connectivity index (χ2n) is 14.1. The molecule has 232 valence electrons. The van der Waals surface area contributed by atoms with Crippen molar-refractivity contribution >= 4 is 37.4 Å². The lowest BCUT2D eigenvalue weighted by Crippen LogP contribution is -2.73. The van der Waals surface area contributed by atoms with Gasteiger partial charge in [0.1, 0.15) is 0 Å². The van der Waals surface area contributed by atoms with E-state index in [1.807, 2.05) is 6.92 Å². The van der Waals surface area contributed by atoms with Gasteiger partial charge in [0.2, 0.25) is 0 Å². The van der Waals surface area contributed by atoms with Crippen LogP contribution in [0.5, 0.6) is 0 Å². The highest BCUT2D eigenvalue weighted by atomic mass is 28.4. The Bertz CT molecular complexity index is 1390. The number of ether oxygens (including phenoxy) is 1. The molecule has 1 N–H and O–H groups in total. The van der Waals surface area contributed by atoms with E-state index < -0.39 is 35.1 Å². The minimum atomic E-state index is -2.95. The van der Waals surface area contributed by atoms with E-state index in [4.69, 9.17) is 13.6 Å². The van der Waals surface area contributed by atoms with Crippen molar-refractivity contribution in [2.45, 2.75) is 89.6 Å². The third-order valence-electron chi connectivity index (χ3n) is 9.11. The summed E-state index contributed by atoms with van der Waals surface area (Å²) in [5.41, 5.74) is 0. The zero-order chi connectivity index (χ0) is 31.6. The van der Waals surface area contributed by atoms with Crippen molar-refractivity contribution < 1.29 is 18.7 Å². The lowest BCUT2D eigenvalue weighted by atomic mass is 10.0. The molecule has 0 saturated carbocycles. The first-order valence-corrected chi connectivity index (χ1v) is 19.6. The zero-order valence-electron chi connectivity index (χ0n) is 27.2. The van der Waals surface area contributed by atoms with Crippen LogP contribution in [0.3, 0.4) is 0 Å². The maximum atomic E-state index is 11.1. The second-order valence-corrected chi connectivity index (χ2v) is 22.6. The number of benzene rings is 4. The van der Waals surface area contributed by atoms with Crippen molar-refractivity contribution in [3.63, 3.8) is 0 Å². The van der Waals surface area contributed by atoms with Crippen molar-refractivity contribution in [2.75, 3.05) is 0 Å². The van der Waals surface area contributed by atoms with Crippen molar-refractivity contribution in [2.24, 2.45) is 0 Å². The quantitative estimate of drug-likeness (QED) is 0.244. The van der Waals surface area contributed by atoms with Gasteiger partial charge < -0.3 is 18.7 Å². The standard InChI is InChI=1S/C38H48O4Si2/c1-29-36(42-44(38(5,6)7,32-24-16-10-17-25-32)33-26-18-11-19-27-33)34(28-35(39)40-29)41-43(37(2,3)4,30-20-12-8-13-21-30)31-22-14-9-15-23-31/h8-27,29,34-36,39H,28H2,1-7H3/t29-,34+,35?,36-/m1/s1. The van der Waals surface area contributed by atoms with Crippen LogP contribution in [-0.2, 0) is 13.6 Å². The normalized spacial score (nSPS) is 21.6. The predicted molar refractivity (Wildman–Crippen MR) is 186 cm³/mol. The molecular formula is C38H48O4Si2. The topological polar surface area (TPSA) is 47.9 Å². The van der Waals surface area contributed by atoms with Gasteiger partial charge in [0, 0.05) is 6.42 Å². The average Bonchev–Trinajstić information content (AvgIpc) is 3.00. The fourth-order valence-corrected chi connectivity index (χ4v) is 16.6. The summed E-state index contributed by atoms with van der Waals surface area (Å²) in [6.45, 7) is 15.8. The number of hydrogen-bond donors (Lipinski definition) is 1. The highest BCUT2D eigenvalue weighted by Gasteiger charge is 2.57. The summed E-state index contributed by atoms with van der Waals surface area (Å²) in [5.74, 6) is 0. The molecule has 4 atom stereocenters. The van der Waals surface area contributed by atoms with E-state index in [0.717, 1.165) is 0 Å². The first-order valence-electron chi connectivity index (χ1n) is 15.8. The van der Waals surface area contributed by atoms with Gasteiger partial charge >= 0.3 is 0 Å². The fourth-order valence-electron chi connectivity index (χ4n) is 7.12. The summed E-state index contributed by atoms with van der Waals surface area (Å²) in [5, 5.41) is 15.5. The predicted octanol–water partition coefficient (Wildman–Crippen LogP) is 6.00. The van der Waals surface area contributed by atoms with E-state index >= 15 is 0 Å². The van der Waals surface area contributed by atoms with Gasteiger partial charge in [-0.1, -0.05) is 163 Å². The van der Waals surface area contributed by atoms with Gasteiger partial charge in [-0.3, -0.25) is 0 Å². The monoisotopic (exact) mass is 624 g/mol. The minimum Gasteiger partial charge on any atom is -0.402 e. The molecule has 1 saturated heterocycles. The molecule has 1 aliphatic rings. The molecule has 0 radical (unpaired) electrons. The van der Waals surface area contributed by atoms with E-state index in [0.29, 0.717) is 6.42 Å². The first-order chi connectivity index (χ1) is 20.9. The molecule has 44 heavy (non-hydrogen) atoms. The Hall–Kier alpha value is -2.85. The summed E-state index contributed by atoms with van der Waals surface area (Å²) in [4.78, 5) is 0. The highest BCUT2D eigenvalue weighted by Crippen LogP contribution is 2.43. The van der Waals surface area contributed by atoms with E-state index in [2.05, 4.69) is 163 Å². The molecule has 4 aromatic carbocycles. The summed E-state index contributed by atoms with van der Waals surface area (Å²) < 4.78 is 21.6. The molecule has 0 spiro atoms. The Morgan fingerprint density at radius 3 is 1.20 bits per heavy atom. The van der Waals surface area contributed by atoms with Gasteiger partial charge in [-0.25, -0.2) is 0 Å². The largest absolute Gasteiger partial charge is 0.402 e. The van der Waals surface area contributed by atoms with E-state index in [9.17, 15) is 5.11 Å². The van der Waals surface area contributed by atoms with Gasteiger partial charge in [0.15, 0.2) is 6.29 Å². The Balaban J connectivity index is 1.70. The molecule has 5 rings (SSSR count). The van der Waals surface area contributed by atoms with Gasteiger partial charge in [0.05, 0.1) is 18.3 Å². The Morgan fingerprint density at radius 1 is 0.568 bits per heavy atom. The molecule has 0 amide bonds. The van der Waals surface area contributed by atoms with E-state index in [-0.39, 0.29) is 16.2 Å². The Morgan fingerprint density at radius 2 is 0.886 bits per heavy atom. The van der Waals surface area contributed by atoms with E-state index in [1.165, 1.54) is 20.7 Å². The van der Waals surface area contributed by atoms with Crippen LogP contribution in [0, 0.1) is 0 Å². The molecular weight excluding hydrogens is 577 g/mol. The molecule has 6 heteroatoms. The summed E-state index contributed by atoms with van der Waals surface area (Å²) in [7, 11) is -5.90. The molecule has 0 bridgehead atoms. The molecule has 1 fully saturated rings. The zero-order valence-corrected chi connectivity index (χ0v) is 29.2. The Kier molecular flexibility index (Phi) is 9.52. The maximum absolute atomic E-state index is 11.1. The van der Waals surface area contributed by atoms with Crippen LogP contribution in [-0.4, -0.2) is 46.3 Å². The maximum Gasteiger partial charge on any atom is 0.261 e. The fraction of sp³-hybridized carbons (Fsp3) is 0.368. The third kappa shape index (κ3) is 6.04. The van der Waals surface area contributed by atoms with Crippen LogP contribution in [0.25, 0.3) is 0 Å². The highest BCUT2D eigenvalue weighted by molar-refractivity contribution is 7.00. The number of aliphatic hydroxyl groups excluding tert-OH is 1. The minimum absolute atomic E-state index is 0.215. The van der Waals surface area contributed by atoms with Gasteiger partial charge in [-0.15, -0.1) is 0 Å². The summed E-state index contributed by atoms with van der Waals surface area (Å²) in [6.07, 6.45) is -1.80. The average molecular weight is 625 g/mol. The van der Waals surface area contributed by atoms with Gasteiger partial charge in [-0.2, -0.15) is 0 Å². The van der Waals surface area contributed by atoms with Crippen molar-refractivity contribution in [1.82, 2.24) is 0 Å². The summed E-state index contributed by atoms with van der Waals surface area (Å²) >= 11 is 0. The van der Waals surface area contributed by atoms with E-state index in [1.54, 1.807) is 0 Å². The molecule has 1 unspecified atom stereocenters. The van der Waals surface area contributed by atoms with Crippen LogP contribution in [0.15, 0.2) is 121 Å². The van der Waals surface area contributed by atoms with Crippen LogP contribution in [0.4, 0.5) is 0 Å².